The molecule has 2 unspecified atom stereocenters. The summed E-state index contributed by atoms with van der Waals surface area (Å²) in [6.07, 6.45) is 10.9. The molecule has 2 aliphatic carbocycles. The predicted octanol–water partition coefficient (Wildman–Crippen LogP) is 4.64. The van der Waals surface area contributed by atoms with E-state index in [0.29, 0.717) is 18.1 Å². The molecule has 2 saturated carbocycles. The van der Waals surface area contributed by atoms with Gasteiger partial charge in [0.25, 0.3) is 0 Å². The fraction of sp³-hybridized carbons (Fsp3) is 0.684. The molecule has 0 saturated heterocycles. The highest BCUT2D eigenvalue weighted by Crippen LogP contribution is 2.35. The lowest BCUT2D eigenvalue weighted by molar-refractivity contribution is 0.302. The lowest BCUT2D eigenvalue weighted by Gasteiger charge is -2.27. The fourth-order valence-corrected chi connectivity index (χ4v) is 3.48. The third-order valence-electron chi connectivity index (χ3n) is 4.79. The maximum atomic E-state index is 5.98. The van der Waals surface area contributed by atoms with Gasteiger partial charge in [0.15, 0.2) is 0 Å². The van der Waals surface area contributed by atoms with Gasteiger partial charge >= 0.3 is 0 Å². The zero-order valence-electron chi connectivity index (χ0n) is 13.3. The minimum absolute atomic E-state index is 0.489. The molecule has 2 aliphatic rings. The van der Waals surface area contributed by atoms with Gasteiger partial charge < -0.3 is 10.1 Å². The molecule has 2 nitrogen and oxygen atoms in total. The number of hydrogen-bond donors (Lipinski definition) is 1. The van der Waals surface area contributed by atoms with Crippen molar-refractivity contribution >= 4 is 0 Å². The van der Waals surface area contributed by atoms with Gasteiger partial charge in [0.1, 0.15) is 5.75 Å². The summed E-state index contributed by atoms with van der Waals surface area (Å²) >= 11 is 0. The van der Waals surface area contributed by atoms with Gasteiger partial charge in [-0.2, -0.15) is 0 Å². The zero-order valence-corrected chi connectivity index (χ0v) is 13.3. The summed E-state index contributed by atoms with van der Waals surface area (Å²) in [4.78, 5) is 0. The average Bonchev–Trinajstić information content (AvgIpc) is 3.32. The molecule has 2 atom stereocenters. The van der Waals surface area contributed by atoms with Gasteiger partial charge in [0.2, 0.25) is 0 Å². The lowest BCUT2D eigenvalue weighted by Crippen LogP contribution is -2.34. The van der Waals surface area contributed by atoms with Gasteiger partial charge in [0, 0.05) is 6.04 Å². The van der Waals surface area contributed by atoms with Gasteiger partial charge in [-0.15, -0.1) is 0 Å². The summed E-state index contributed by atoms with van der Waals surface area (Å²) in [5, 5.41) is 3.79. The van der Waals surface area contributed by atoms with E-state index in [1.165, 1.54) is 56.9 Å². The van der Waals surface area contributed by atoms with E-state index in [1.807, 2.05) is 0 Å². The molecular formula is C19H29NO. The first-order valence-corrected chi connectivity index (χ1v) is 8.87. The smallest absolute Gasteiger partial charge is 0.120 e. The van der Waals surface area contributed by atoms with Crippen LogP contribution in [0.5, 0.6) is 5.75 Å². The number of rotatable bonds is 6. The second-order valence-corrected chi connectivity index (χ2v) is 6.69. The molecule has 0 amide bonds. The first-order chi connectivity index (χ1) is 10.4. The molecule has 0 radical (unpaired) electrons. The van der Waals surface area contributed by atoms with Crippen molar-refractivity contribution in [2.75, 3.05) is 6.54 Å². The Hall–Kier alpha value is -1.02. The molecule has 0 spiro atoms. The first-order valence-electron chi connectivity index (χ1n) is 8.87. The molecule has 1 N–H and O–H groups in total. The standard InChI is InChI=1S/C19H29NO/c1-2-13-20-19-10-5-3-4-9-18(19)15-7-6-8-17(14-15)21-16-11-12-16/h6-8,14,16,18-20H,2-5,9-13H2,1H3. The van der Waals surface area contributed by atoms with Crippen LogP contribution in [0.2, 0.25) is 0 Å². The summed E-state index contributed by atoms with van der Waals surface area (Å²) in [6.45, 7) is 3.39. The van der Waals surface area contributed by atoms with Crippen molar-refractivity contribution in [3.63, 3.8) is 0 Å². The van der Waals surface area contributed by atoms with E-state index in [1.54, 1.807) is 0 Å². The van der Waals surface area contributed by atoms with Crippen molar-refractivity contribution in [2.45, 2.75) is 76.4 Å². The molecule has 21 heavy (non-hydrogen) atoms. The Morgan fingerprint density at radius 2 is 1.95 bits per heavy atom. The van der Waals surface area contributed by atoms with Crippen LogP contribution in [0.15, 0.2) is 24.3 Å². The molecular weight excluding hydrogens is 258 g/mol. The first kappa shape index (κ1) is 14.9. The molecule has 0 aliphatic heterocycles. The number of hydrogen-bond acceptors (Lipinski definition) is 2. The lowest BCUT2D eigenvalue weighted by atomic mass is 9.87. The van der Waals surface area contributed by atoms with Gasteiger partial charge in [0.05, 0.1) is 6.10 Å². The van der Waals surface area contributed by atoms with Crippen LogP contribution in [-0.2, 0) is 0 Å². The Kier molecular flexibility index (Phi) is 5.18. The average molecular weight is 287 g/mol. The van der Waals surface area contributed by atoms with E-state index >= 15 is 0 Å². The Balaban J connectivity index is 1.73. The normalized spacial score (nSPS) is 26.3. The van der Waals surface area contributed by atoms with E-state index in [2.05, 4.69) is 36.5 Å². The fourth-order valence-electron chi connectivity index (χ4n) is 3.48. The highest BCUT2D eigenvalue weighted by molar-refractivity contribution is 5.32. The van der Waals surface area contributed by atoms with Crippen LogP contribution in [-0.4, -0.2) is 18.7 Å². The topological polar surface area (TPSA) is 21.3 Å². The van der Waals surface area contributed by atoms with Gasteiger partial charge in [-0.1, -0.05) is 38.3 Å². The third-order valence-corrected chi connectivity index (χ3v) is 4.79. The van der Waals surface area contributed by atoms with Crippen molar-refractivity contribution in [1.29, 1.82) is 0 Å². The van der Waals surface area contributed by atoms with Crippen LogP contribution in [0.4, 0.5) is 0 Å². The van der Waals surface area contributed by atoms with Gasteiger partial charge in [-0.25, -0.2) is 0 Å². The largest absolute Gasteiger partial charge is 0.490 e. The van der Waals surface area contributed by atoms with Crippen molar-refractivity contribution in [1.82, 2.24) is 5.32 Å². The van der Waals surface area contributed by atoms with Crippen LogP contribution < -0.4 is 10.1 Å². The van der Waals surface area contributed by atoms with E-state index in [9.17, 15) is 0 Å². The Labute approximate surface area is 129 Å². The van der Waals surface area contributed by atoms with E-state index < -0.39 is 0 Å². The minimum atomic E-state index is 0.489. The third kappa shape index (κ3) is 4.23. The highest BCUT2D eigenvalue weighted by Gasteiger charge is 2.26. The van der Waals surface area contributed by atoms with E-state index in [4.69, 9.17) is 4.74 Å². The van der Waals surface area contributed by atoms with Crippen LogP contribution >= 0.6 is 0 Å². The molecule has 0 heterocycles. The summed E-state index contributed by atoms with van der Waals surface area (Å²) in [6, 6.07) is 9.54. The SMILES string of the molecule is CCCNC1CCCCCC1c1cccc(OC2CC2)c1. The minimum Gasteiger partial charge on any atom is -0.490 e. The van der Waals surface area contributed by atoms with Crippen molar-refractivity contribution < 1.29 is 4.74 Å². The summed E-state index contributed by atoms with van der Waals surface area (Å²) in [5.41, 5.74) is 1.48. The molecule has 0 bridgehead atoms. The second-order valence-electron chi connectivity index (χ2n) is 6.69. The van der Waals surface area contributed by atoms with E-state index in [0.717, 1.165) is 12.3 Å². The predicted molar refractivity (Wildman–Crippen MR) is 88.0 cm³/mol. The molecule has 3 rings (SSSR count). The van der Waals surface area contributed by atoms with Crippen molar-refractivity contribution in [3.8, 4) is 5.75 Å². The molecule has 2 fully saturated rings. The van der Waals surface area contributed by atoms with Gasteiger partial charge in [-0.3, -0.25) is 0 Å². The van der Waals surface area contributed by atoms with Crippen LogP contribution in [0, 0.1) is 0 Å². The Bertz CT molecular complexity index is 441. The number of nitrogens with one attached hydrogen (secondary N) is 1. The molecule has 0 aromatic heterocycles. The molecule has 1 aromatic rings. The second kappa shape index (κ2) is 7.31. The number of ether oxygens (including phenoxy) is 1. The summed E-state index contributed by atoms with van der Waals surface area (Å²) in [7, 11) is 0. The Morgan fingerprint density at radius 3 is 2.76 bits per heavy atom. The monoisotopic (exact) mass is 287 g/mol. The van der Waals surface area contributed by atoms with Crippen molar-refractivity contribution in [2.24, 2.45) is 0 Å². The van der Waals surface area contributed by atoms with Crippen LogP contribution in [0.25, 0.3) is 0 Å². The summed E-state index contributed by atoms with van der Waals surface area (Å²) < 4.78 is 5.98. The number of benzene rings is 1. The Morgan fingerprint density at radius 1 is 1.10 bits per heavy atom. The maximum absolute atomic E-state index is 5.98. The van der Waals surface area contributed by atoms with Gasteiger partial charge in [-0.05, 0) is 62.3 Å². The molecule has 1 aromatic carbocycles. The molecule has 2 heteroatoms. The molecule has 116 valence electrons. The zero-order chi connectivity index (χ0) is 14.5. The van der Waals surface area contributed by atoms with E-state index in [-0.39, 0.29) is 0 Å². The van der Waals surface area contributed by atoms with Crippen LogP contribution in [0.1, 0.15) is 69.8 Å². The quantitative estimate of drug-likeness (QED) is 0.769. The van der Waals surface area contributed by atoms with Crippen LogP contribution in [0.3, 0.4) is 0 Å². The summed E-state index contributed by atoms with van der Waals surface area (Å²) in [5.74, 6) is 1.73. The highest BCUT2D eigenvalue weighted by atomic mass is 16.5. The van der Waals surface area contributed by atoms with Crippen molar-refractivity contribution in [3.05, 3.63) is 29.8 Å². The maximum Gasteiger partial charge on any atom is 0.120 e.